The van der Waals surface area contributed by atoms with E-state index < -0.39 is 0 Å². The van der Waals surface area contributed by atoms with Gasteiger partial charge in [0.25, 0.3) is 0 Å². The predicted octanol–water partition coefficient (Wildman–Crippen LogP) is 3.64. The highest BCUT2D eigenvalue weighted by atomic mass is 15.2. The summed E-state index contributed by atoms with van der Waals surface area (Å²) in [7, 11) is 0. The van der Waals surface area contributed by atoms with Gasteiger partial charge in [-0.05, 0) is 38.5 Å². The van der Waals surface area contributed by atoms with Crippen molar-refractivity contribution in [2.24, 2.45) is 22.1 Å². The zero-order valence-electron chi connectivity index (χ0n) is 15.4. The highest BCUT2D eigenvalue weighted by molar-refractivity contribution is 5.82. The summed E-state index contributed by atoms with van der Waals surface area (Å²) >= 11 is 0. The van der Waals surface area contributed by atoms with Crippen LogP contribution in [0.3, 0.4) is 0 Å². The minimum atomic E-state index is 0.185. The summed E-state index contributed by atoms with van der Waals surface area (Å²) in [5, 5.41) is 25.5. The second-order valence-corrected chi connectivity index (χ2v) is 7.02. The largest absolute Gasteiger partial charge is 0.360 e. The van der Waals surface area contributed by atoms with Crippen molar-refractivity contribution < 1.29 is 0 Å². The molecular weight excluding hydrogens is 300 g/mol. The minimum Gasteiger partial charge on any atom is -0.360 e. The number of nitrogens with zero attached hydrogens (tertiary/aromatic N) is 4. The van der Waals surface area contributed by atoms with Crippen molar-refractivity contribution in [3.63, 3.8) is 0 Å². The van der Waals surface area contributed by atoms with Gasteiger partial charge in [-0.15, -0.1) is 0 Å². The number of rotatable bonds is 8. The van der Waals surface area contributed by atoms with Crippen LogP contribution in [0, 0.1) is 22.7 Å². The van der Waals surface area contributed by atoms with E-state index in [4.69, 9.17) is 10.8 Å². The number of nitrogens with one attached hydrogen (secondary N) is 2. The molecule has 2 heterocycles. The lowest BCUT2D eigenvalue weighted by Gasteiger charge is -2.24. The Morgan fingerprint density at radius 2 is 1.08 bits per heavy atom. The molecule has 136 valence electrons. The first kappa shape index (κ1) is 18.9. The molecule has 2 saturated heterocycles. The average molecular weight is 335 g/mol. The van der Waals surface area contributed by atoms with Crippen molar-refractivity contribution in [1.29, 1.82) is 10.8 Å². The standard InChI is InChI=1S/C18H34N6/c1-3-15(17(19)23-9-5-6-10-23)13-21-22-14-16(4-2)18(20)24-11-7-8-12-24/h15-16,19-20H,3-14H2,1-2H3. The zero-order valence-corrected chi connectivity index (χ0v) is 15.4. The van der Waals surface area contributed by atoms with Crippen molar-refractivity contribution in [2.75, 3.05) is 39.3 Å². The first-order valence-electron chi connectivity index (χ1n) is 9.67. The number of amidine groups is 2. The summed E-state index contributed by atoms with van der Waals surface area (Å²) < 4.78 is 0. The van der Waals surface area contributed by atoms with Crippen LogP contribution < -0.4 is 0 Å². The fourth-order valence-corrected chi connectivity index (χ4v) is 3.56. The van der Waals surface area contributed by atoms with Crippen molar-refractivity contribution in [3.8, 4) is 0 Å². The van der Waals surface area contributed by atoms with Crippen LogP contribution in [0.1, 0.15) is 52.4 Å². The monoisotopic (exact) mass is 334 g/mol. The first-order chi connectivity index (χ1) is 11.7. The fraction of sp³-hybridized carbons (Fsp3) is 0.889. The molecule has 2 aliphatic rings. The van der Waals surface area contributed by atoms with Crippen molar-refractivity contribution in [1.82, 2.24) is 9.80 Å². The van der Waals surface area contributed by atoms with Gasteiger partial charge in [0.2, 0.25) is 0 Å². The molecule has 0 aromatic heterocycles. The molecule has 6 nitrogen and oxygen atoms in total. The normalized spacial score (nSPS) is 20.8. The molecule has 0 spiro atoms. The molecule has 0 bridgehead atoms. The third-order valence-electron chi connectivity index (χ3n) is 5.36. The molecule has 6 heteroatoms. The molecule has 0 saturated carbocycles. The van der Waals surface area contributed by atoms with E-state index in [0.29, 0.717) is 13.1 Å². The molecule has 2 unspecified atom stereocenters. The third-order valence-corrected chi connectivity index (χ3v) is 5.36. The lowest BCUT2D eigenvalue weighted by molar-refractivity contribution is 0.454. The summed E-state index contributed by atoms with van der Waals surface area (Å²) in [4.78, 5) is 4.39. The van der Waals surface area contributed by atoms with Gasteiger partial charge in [0.1, 0.15) is 11.7 Å². The number of likely N-dealkylation sites (tertiary alicyclic amines) is 2. The molecule has 0 aliphatic carbocycles. The minimum absolute atomic E-state index is 0.185. The van der Waals surface area contributed by atoms with Crippen LogP contribution in [0.4, 0.5) is 0 Å². The van der Waals surface area contributed by atoms with Crippen molar-refractivity contribution >= 4 is 11.7 Å². The van der Waals surface area contributed by atoms with Crippen LogP contribution in [0.25, 0.3) is 0 Å². The molecule has 0 radical (unpaired) electrons. The van der Waals surface area contributed by atoms with Gasteiger partial charge in [0.05, 0.1) is 13.1 Å². The fourth-order valence-electron chi connectivity index (χ4n) is 3.56. The Hall–Kier alpha value is -1.46. The SMILES string of the molecule is CCC(CN=NCC(CC)C(=N)N1CCCC1)C(=N)N1CCCC1. The highest BCUT2D eigenvalue weighted by Crippen LogP contribution is 2.17. The van der Waals surface area contributed by atoms with Gasteiger partial charge >= 0.3 is 0 Å². The quantitative estimate of drug-likeness (QED) is 0.404. The summed E-state index contributed by atoms with van der Waals surface area (Å²) in [5.41, 5.74) is 0. The molecule has 2 fully saturated rings. The number of hydrogen-bond donors (Lipinski definition) is 2. The molecule has 24 heavy (non-hydrogen) atoms. The van der Waals surface area contributed by atoms with Gasteiger partial charge in [0, 0.05) is 38.0 Å². The third kappa shape index (κ3) is 5.02. The topological polar surface area (TPSA) is 78.9 Å². The second-order valence-electron chi connectivity index (χ2n) is 7.02. The molecule has 2 aliphatic heterocycles. The highest BCUT2D eigenvalue weighted by Gasteiger charge is 2.23. The van der Waals surface area contributed by atoms with Crippen LogP contribution in [-0.4, -0.2) is 60.7 Å². The van der Waals surface area contributed by atoms with E-state index in [0.717, 1.165) is 50.7 Å². The van der Waals surface area contributed by atoms with E-state index in [2.05, 4.69) is 33.9 Å². The molecular formula is C18H34N6. The molecule has 0 amide bonds. The Labute approximate surface area is 146 Å². The van der Waals surface area contributed by atoms with E-state index in [1.165, 1.54) is 25.7 Å². The Bertz CT molecular complexity index is 395. The van der Waals surface area contributed by atoms with Gasteiger partial charge in [0.15, 0.2) is 0 Å². The molecule has 2 N–H and O–H groups in total. The van der Waals surface area contributed by atoms with E-state index in [-0.39, 0.29) is 11.8 Å². The maximum Gasteiger partial charge on any atom is 0.101 e. The Morgan fingerprint density at radius 3 is 1.38 bits per heavy atom. The molecule has 0 aromatic carbocycles. The van der Waals surface area contributed by atoms with Crippen LogP contribution in [0.5, 0.6) is 0 Å². The Kier molecular flexibility index (Phi) is 7.66. The van der Waals surface area contributed by atoms with Crippen molar-refractivity contribution in [2.45, 2.75) is 52.4 Å². The smallest absolute Gasteiger partial charge is 0.101 e. The maximum absolute atomic E-state index is 8.36. The van der Waals surface area contributed by atoms with E-state index >= 15 is 0 Å². The van der Waals surface area contributed by atoms with Gasteiger partial charge in [-0.25, -0.2) is 0 Å². The van der Waals surface area contributed by atoms with E-state index in [1.807, 2.05) is 0 Å². The van der Waals surface area contributed by atoms with Gasteiger partial charge in [-0.3, -0.25) is 10.8 Å². The molecule has 0 aromatic rings. The van der Waals surface area contributed by atoms with Crippen LogP contribution in [0.2, 0.25) is 0 Å². The van der Waals surface area contributed by atoms with Crippen molar-refractivity contribution in [3.05, 3.63) is 0 Å². The summed E-state index contributed by atoms with van der Waals surface area (Å²) in [6, 6.07) is 0. The summed E-state index contributed by atoms with van der Waals surface area (Å²) in [6.07, 6.45) is 6.70. The second kappa shape index (κ2) is 9.74. The molecule has 2 atom stereocenters. The van der Waals surface area contributed by atoms with Gasteiger partial charge in [-0.2, -0.15) is 10.2 Å². The van der Waals surface area contributed by atoms with Crippen LogP contribution in [0.15, 0.2) is 10.2 Å². The Balaban J connectivity index is 1.78. The zero-order chi connectivity index (χ0) is 17.4. The van der Waals surface area contributed by atoms with Gasteiger partial charge < -0.3 is 9.80 Å². The lowest BCUT2D eigenvalue weighted by atomic mass is 10.0. The van der Waals surface area contributed by atoms with Gasteiger partial charge in [-0.1, -0.05) is 13.8 Å². The summed E-state index contributed by atoms with van der Waals surface area (Å²) in [6.45, 7) is 9.58. The first-order valence-corrected chi connectivity index (χ1v) is 9.67. The van der Waals surface area contributed by atoms with E-state index in [1.54, 1.807) is 0 Å². The molecule has 2 rings (SSSR count). The predicted molar refractivity (Wildman–Crippen MR) is 99.2 cm³/mol. The maximum atomic E-state index is 8.36. The summed E-state index contributed by atoms with van der Waals surface area (Å²) in [5.74, 6) is 1.85. The Morgan fingerprint density at radius 1 is 0.750 bits per heavy atom. The number of azo groups is 1. The number of hydrogen-bond acceptors (Lipinski definition) is 4. The average Bonchev–Trinajstić information content (AvgIpc) is 3.31. The lowest BCUT2D eigenvalue weighted by Crippen LogP contribution is -2.34. The van der Waals surface area contributed by atoms with Crippen LogP contribution in [-0.2, 0) is 0 Å². The van der Waals surface area contributed by atoms with Crippen LogP contribution >= 0.6 is 0 Å². The van der Waals surface area contributed by atoms with E-state index in [9.17, 15) is 0 Å².